The molecular weight excluding hydrogens is 261 g/mol. The summed E-state index contributed by atoms with van der Waals surface area (Å²) >= 11 is 0. The Kier molecular flexibility index (Phi) is 4.17. The van der Waals surface area contributed by atoms with E-state index >= 15 is 0 Å². The van der Waals surface area contributed by atoms with Crippen LogP contribution in [0, 0.1) is 11.2 Å². The average molecular weight is 277 g/mol. The van der Waals surface area contributed by atoms with E-state index in [0.29, 0.717) is 18.4 Å². The van der Waals surface area contributed by atoms with Crippen molar-refractivity contribution in [1.29, 1.82) is 0 Å². The Morgan fingerprint density at radius 1 is 1.40 bits per heavy atom. The summed E-state index contributed by atoms with van der Waals surface area (Å²) in [5, 5.41) is 11.7. The molecule has 1 aliphatic rings. The first-order valence-corrected chi connectivity index (χ1v) is 6.47. The minimum absolute atomic E-state index is 0.134. The first kappa shape index (κ1) is 14.2. The Morgan fingerprint density at radius 2 is 2.15 bits per heavy atom. The van der Waals surface area contributed by atoms with Crippen molar-refractivity contribution in [2.75, 3.05) is 6.54 Å². The maximum absolute atomic E-state index is 12.9. The molecule has 0 heterocycles. The molecule has 1 fully saturated rings. The zero-order valence-electron chi connectivity index (χ0n) is 10.9. The summed E-state index contributed by atoms with van der Waals surface area (Å²) in [6, 6.07) is 5.87. The SMILES string of the molecule is O=C(/C=C/c1cccc(F)c1)NCC1(C(=O)O)CCC1. The van der Waals surface area contributed by atoms with E-state index < -0.39 is 11.4 Å². The van der Waals surface area contributed by atoms with Crippen LogP contribution in [0.25, 0.3) is 6.08 Å². The molecule has 1 amide bonds. The monoisotopic (exact) mass is 277 g/mol. The van der Waals surface area contributed by atoms with Crippen LogP contribution in [0.15, 0.2) is 30.3 Å². The molecule has 2 N–H and O–H groups in total. The minimum atomic E-state index is -0.863. The number of carbonyl (C=O) groups is 2. The number of amides is 1. The highest BCUT2D eigenvalue weighted by molar-refractivity contribution is 5.92. The lowest BCUT2D eigenvalue weighted by Crippen LogP contribution is -2.47. The van der Waals surface area contributed by atoms with Gasteiger partial charge in [-0.05, 0) is 36.6 Å². The number of nitrogens with one attached hydrogen (secondary N) is 1. The van der Waals surface area contributed by atoms with E-state index in [1.54, 1.807) is 12.1 Å². The summed E-state index contributed by atoms with van der Waals surface area (Å²) < 4.78 is 12.9. The molecule has 0 spiro atoms. The fourth-order valence-corrected chi connectivity index (χ4v) is 2.17. The summed E-state index contributed by atoms with van der Waals surface area (Å²) in [7, 11) is 0. The standard InChI is InChI=1S/C15H16FNO3/c16-12-4-1-3-11(9-12)5-6-13(18)17-10-15(14(19)20)7-2-8-15/h1,3-6,9H,2,7-8,10H2,(H,17,18)(H,19,20)/b6-5+. The second-order valence-corrected chi connectivity index (χ2v) is 5.05. The lowest BCUT2D eigenvalue weighted by molar-refractivity contribution is -0.154. The van der Waals surface area contributed by atoms with E-state index in [2.05, 4.69) is 5.32 Å². The van der Waals surface area contributed by atoms with Crippen LogP contribution < -0.4 is 5.32 Å². The maximum atomic E-state index is 12.9. The molecule has 0 radical (unpaired) electrons. The lowest BCUT2D eigenvalue weighted by atomic mass is 9.69. The van der Waals surface area contributed by atoms with Crippen molar-refractivity contribution in [2.24, 2.45) is 5.41 Å². The van der Waals surface area contributed by atoms with Crippen LogP contribution in [0.2, 0.25) is 0 Å². The number of hydrogen-bond donors (Lipinski definition) is 2. The third-order valence-electron chi connectivity index (χ3n) is 3.64. The van der Waals surface area contributed by atoms with Gasteiger partial charge >= 0.3 is 5.97 Å². The topological polar surface area (TPSA) is 66.4 Å². The number of benzene rings is 1. The molecule has 4 nitrogen and oxygen atoms in total. The van der Waals surface area contributed by atoms with Gasteiger partial charge in [-0.2, -0.15) is 0 Å². The zero-order chi connectivity index (χ0) is 14.6. The van der Waals surface area contributed by atoms with E-state index in [9.17, 15) is 14.0 Å². The van der Waals surface area contributed by atoms with Crippen molar-refractivity contribution in [1.82, 2.24) is 5.32 Å². The van der Waals surface area contributed by atoms with E-state index in [-0.39, 0.29) is 18.3 Å². The molecule has 0 aliphatic heterocycles. The molecule has 0 bridgehead atoms. The Balaban J connectivity index is 1.88. The number of carboxylic acid groups (broad SMARTS) is 1. The zero-order valence-corrected chi connectivity index (χ0v) is 10.9. The highest BCUT2D eigenvalue weighted by Crippen LogP contribution is 2.40. The number of aliphatic carboxylic acids is 1. The van der Waals surface area contributed by atoms with Gasteiger partial charge in [-0.1, -0.05) is 18.6 Å². The van der Waals surface area contributed by atoms with Crippen LogP contribution >= 0.6 is 0 Å². The fourth-order valence-electron chi connectivity index (χ4n) is 2.17. The van der Waals surface area contributed by atoms with Crippen molar-refractivity contribution in [3.63, 3.8) is 0 Å². The molecule has 20 heavy (non-hydrogen) atoms. The fraction of sp³-hybridized carbons (Fsp3) is 0.333. The first-order valence-electron chi connectivity index (χ1n) is 6.47. The van der Waals surface area contributed by atoms with Crippen molar-refractivity contribution in [3.8, 4) is 0 Å². The molecule has 2 rings (SSSR count). The predicted molar refractivity (Wildman–Crippen MR) is 72.4 cm³/mol. The van der Waals surface area contributed by atoms with Crippen LogP contribution in [-0.2, 0) is 9.59 Å². The summed E-state index contributed by atoms with van der Waals surface area (Å²) in [6.45, 7) is 0.134. The Bertz CT molecular complexity index is 550. The normalized spacial score (nSPS) is 16.6. The van der Waals surface area contributed by atoms with Gasteiger partial charge in [-0.25, -0.2) is 4.39 Å². The van der Waals surface area contributed by atoms with Crippen molar-refractivity contribution >= 4 is 18.0 Å². The molecule has 106 valence electrons. The van der Waals surface area contributed by atoms with Crippen molar-refractivity contribution < 1.29 is 19.1 Å². The van der Waals surface area contributed by atoms with Gasteiger partial charge in [-0.15, -0.1) is 0 Å². The number of hydrogen-bond acceptors (Lipinski definition) is 2. The molecule has 0 saturated heterocycles. The molecule has 0 unspecified atom stereocenters. The minimum Gasteiger partial charge on any atom is -0.481 e. The molecule has 1 saturated carbocycles. The van der Waals surface area contributed by atoms with Gasteiger partial charge in [-0.3, -0.25) is 9.59 Å². The molecule has 5 heteroatoms. The largest absolute Gasteiger partial charge is 0.481 e. The third kappa shape index (κ3) is 3.23. The molecule has 1 aliphatic carbocycles. The first-order chi connectivity index (χ1) is 9.52. The van der Waals surface area contributed by atoms with Gasteiger partial charge in [0.15, 0.2) is 0 Å². The van der Waals surface area contributed by atoms with Gasteiger partial charge in [0.2, 0.25) is 5.91 Å². The van der Waals surface area contributed by atoms with Crippen molar-refractivity contribution in [3.05, 3.63) is 41.7 Å². The summed E-state index contributed by atoms with van der Waals surface area (Å²) in [6.07, 6.45) is 4.84. The molecule has 0 aromatic heterocycles. The smallest absolute Gasteiger partial charge is 0.311 e. The Hall–Kier alpha value is -2.17. The predicted octanol–water partition coefficient (Wildman–Crippen LogP) is 2.21. The van der Waals surface area contributed by atoms with Crippen LogP contribution in [0.3, 0.4) is 0 Å². The number of carbonyl (C=O) groups excluding carboxylic acids is 1. The Labute approximate surface area is 116 Å². The van der Waals surface area contributed by atoms with E-state index in [0.717, 1.165) is 6.42 Å². The van der Waals surface area contributed by atoms with Crippen LogP contribution in [0.1, 0.15) is 24.8 Å². The number of carboxylic acids is 1. The lowest BCUT2D eigenvalue weighted by Gasteiger charge is -2.37. The van der Waals surface area contributed by atoms with Crippen LogP contribution in [-0.4, -0.2) is 23.5 Å². The number of halogens is 1. The van der Waals surface area contributed by atoms with Gasteiger partial charge < -0.3 is 10.4 Å². The highest BCUT2D eigenvalue weighted by atomic mass is 19.1. The van der Waals surface area contributed by atoms with Gasteiger partial charge in [0, 0.05) is 12.6 Å². The molecule has 1 aromatic rings. The van der Waals surface area contributed by atoms with Crippen LogP contribution in [0.5, 0.6) is 0 Å². The van der Waals surface area contributed by atoms with Gasteiger partial charge in [0.1, 0.15) is 5.82 Å². The summed E-state index contributed by atoms with van der Waals surface area (Å²) in [5.74, 6) is -1.60. The van der Waals surface area contributed by atoms with Gasteiger partial charge in [0.05, 0.1) is 5.41 Å². The molecule has 1 aromatic carbocycles. The van der Waals surface area contributed by atoms with Gasteiger partial charge in [0.25, 0.3) is 0 Å². The summed E-state index contributed by atoms with van der Waals surface area (Å²) in [5.41, 5.74) is -0.223. The maximum Gasteiger partial charge on any atom is 0.311 e. The van der Waals surface area contributed by atoms with E-state index in [1.165, 1.54) is 24.3 Å². The summed E-state index contributed by atoms with van der Waals surface area (Å²) in [4.78, 5) is 22.7. The quantitative estimate of drug-likeness (QED) is 0.811. The third-order valence-corrected chi connectivity index (χ3v) is 3.64. The second kappa shape index (κ2) is 5.86. The van der Waals surface area contributed by atoms with E-state index in [1.807, 2.05) is 0 Å². The van der Waals surface area contributed by atoms with E-state index in [4.69, 9.17) is 5.11 Å². The molecule has 0 atom stereocenters. The van der Waals surface area contributed by atoms with Crippen molar-refractivity contribution in [2.45, 2.75) is 19.3 Å². The molecular formula is C15H16FNO3. The van der Waals surface area contributed by atoms with Crippen LogP contribution in [0.4, 0.5) is 4.39 Å². The average Bonchev–Trinajstić information content (AvgIpc) is 2.34. The Morgan fingerprint density at radius 3 is 2.70 bits per heavy atom. The number of rotatable bonds is 5. The highest BCUT2D eigenvalue weighted by Gasteiger charge is 2.44. The second-order valence-electron chi connectivity index (χ2n) is 5.05.